The zero-order valence-corrected chi connectivity index (χ0v) is 15.7. The Morgan fingerprint density at radius 2 is 2.04 bits per heavy atom. The van der Waals surface area contributed by atoms with Gasteiger partial charge in [-0.2, -0.15) is 0 Å². The van der Waals surface area contributed by atoms with E-state index in [1.54, 1.807) is 7.11 Å². The minimum Gasteiger partial charge on any atom is -0.497 e. The number of fused-ring (bicyclic) bond motifs is 1. The molecule has 1 heterocycles. The summed E-state index contributed by atoms with van der Waals surface area (Å²) in [4.78, 5) is 4.74. The second kappa shape index (κ2) is 7.89. The van der Waals surface area contributed by atoms with Crippen molar-refractivity contribution < 1.29 is 9.47 Å². The molecule has 0 spiro atoms. The van der Waals surface area contributed by atoms with Gasteiger partial charge in [-0.15, -0.1) is 0 Å². The lowest BCUT2D eigenvalue weighted by molar-refractivity contribution is 0.113. The largest absolute Gasteiger partial charge is 0.497 e. The number of benzene rings is 2. The average molecular weight is 340 g/mol. The summed E-state index contributed by atoms with van der Waals surface area (Å²) in [5, 5.41) is 0. The van der Waals surface area contributed by atoms with Crippen LogP contribution in [0.3, 0.4) is 0 Å². The van der Waals surface area contributed by atoms with Gasteiger partial charge in [-0.3, -0.25) is 4.90 Å². The van der Waals surface area contributed by atoms with E-state index in [9.17, 15) is 0 Å². The normalized spacial score (nSPS) is 17.7. The molecule has 0 N–H and O–H groups in total. The van der Waals surface area contributed by atoms with Gasteiger partial charge >= 0.3 is 0 Å². The predicted molar refractivity (Wildman–Crippen MR) is 101 cm³/mol. The lowest BCUT2D eigenvalue weighted by atomic mass is 10.1. The molecule has 0 saturated heterocycles. The molecule has 2 aromatic carbocycles. The van der Waals surface area contributed by atoms with Gasteiger partial charge in [-0.05, 0) is 44.8 Å². The number of hydrogen-bond donors (Lipinski definition) is 0. The van der Waals surface area contributed by atoms with Crippen molar-refractivity contribution in [2.24, 2.45) is 0 Å². The standard InChI is InChI=1S/C21H28N2O2/c1-16-8-9-21-18(10-16)13-23(19(15-25-21)14-22(2)3)12-17-6-5-7-20(11-17)24-4/h5-11,19H,12-15H2,1-4H3/t19-/m1/s1. The van der Waals surface area contributed by atoms with E-state index in [4.69, 9.17) is 9.47 Å². The fraction of sp³-hybridized carbons (Fsp3) is 0.429. The Balaban J connectivity index is 1.87. The highest BCUT2D eigenvalue weighted by atomic mass is 16.5. The molecule has 1 atom stereocenters. The van der Waals surface area contributed by atoms with E-state index >= 15 is 0 Å². The Bertz CT molecular complexity index is 715. The molecule has 0 aromatic heterocycles. The van der Waals surface area contributed by atoms with Crippen LogP contribution in [-0.2, 0) is 13.1 Å². The van der Waals surface area contributed by atoms with E-state index in [1.807, 2.05) is 6.07 Å². The van der Waals surface area contributed by atoms with Crippen molar-refractivity contribution in [2.75, 3.05) is 34.4 Å². The number of ether oxygens (including phenoxy) is 2. The smallest absolute Gasteiger partial charge is 0.123 e. The van der Waals surface area contributed by atoms with Crippen molar-refractivity contribution in [3.05, 3.63) is 59.2 Å². The molecule has 4 heteroatoms. The van der Waals surface area contributed by atoms with E-state index in [0.29, 0.717) is 12.6 Å². The fourth-order valence-electron chi connectivity index (χ4n) is 3.39. The molecule has 0 saturated carbocycles. The summed E-state index contributed by atoms with van der Waals surface area (Å²) in [7, 11) is 5.95. The third kappa shape index (κ3) is 4.53. The predicted octanol–water partition coefficient (Wildman–Crippen LogP) is 3.33. The van der Waals surface area contributed by atoms with Gasteiger partial charge in [0.2, 0.25) is 0 Å². The Kier molecular flexibility index (Phi) is 5.61. The highest BCUT2D eigenvalue weighted by Crippen LogP contribution is 2.28. The molecule has 0 unspecified atom stereocenters. The Morgan fingerprint density at radius 3 is 2.80 bits per heavy atom. The van der Waals surface area contributed by atoms with Crippen LogP contribution in [0, 0.1) is 6.92 Å². The van der Waals surface area contributed by atoms with E-state index in [1.165, 1.54) is 16.7 Å². The second-order valence-corrected chi connectivity index (χ2v) is 7.09. The summed E-state index contributed by atoms with van der Waals surface area (Å²) >= 11 is 0. The SMILES string of the molecule is COc1cccc(CN2Cc3cc(C)ccc3OC[C@H]2CN(C)C)c1. The van der Waals surface area contributed by atoms with Gasteiger partial charge in [0.1, 0.15) is 18.1 Å². The molecule has 0 amide bonds. The van der Waals surface area contributed by atoms with Gasteiger partial charge in [-0.1, -0.05) is 29.8 Å². The van der Waals surface area contributed by atoms with E-state index in [0.717, 1.165) is 31.1 Å². The van der Waals surface area contributed by atoms with Crippen molar-refractivity contribution >= 4 is 0 Å². The molecule has 0 radical (unpaired) electrons. The molecule has 1 aliphatic rings. The number of nitrogens with zero attached hydrogens (tertiary/aromatic N) is 2. The topological polar surface area (TPSA) is 24.9 Å². The molecule has 3 rings (SSSR count). The van der Waals surface area contributed by atoms with Crippen LogP contribution in [0.1, 0.15) is 16.7 Å². The molecule has 2 aromatic rings. The summed E-state index contributed by atoms with van der Waals surface area (Å²) < 4.78 is 11.5. The minimum absolute atomic E-state index is 0.342. The monoisotopic (exact) mass is 340 g/mol. The molecular formula is C21H28N2O2. The van der Waals surface area contributed by atoms with Crippen molar-refractivity contribution in [1.29, 1.82) is 0 Å². The number of rotatable bonds is 5. The first-order valence-electron chi connectivity index (χ1n) is 8.79. The lowest BCUT2D eigenvalue weighted by Crippen LogP contribution is -2.43. The molecule has 1 aliphatic heterocycles. The lowest BCUT2D eigenvalue weighted by Gasteiger charge is -2.31. The van der Waals surface area contributed by atoms with Crippen LogP contribution < -0.4 is 9.47 Å². The zero-order chi connectivity index (χ0) is 17.8. The van der Waals surface area contributed by atoms with Crippen LogP contribution in [0.2, 0.25) is 0 Å². The number of methoxy groups -OCH3 is 1. The zero-order valence-electron chi connectivity index (χ0n) is 15.7. The molecule has 134 valence electrons. The van der Waals surface area contributed by atoms with Gasteiger partial charge in [-0.25, -0.2) is 0 Å². The maximum atomic E-state index is 6.14. The fourth-order valence-corrected chi connectivity index (χ4v) is 3.39. The molecular weight excluding hydrogens is 312 g/mol. The molecule has 25 heavy (non-hydrogen) atoms. The third-order valence-corrected chi connectivity index (χ3v) is 4.63. The van der Waals surface area contributed by atoms with Crippen molar-refractivity contribution in [3.63, 3.8) is 0 Å². The maximum absolute atomic E-state index is 6.14. The highest BCUT2D eigenvalue weighted by molar-refractivity contribution is 5.38. The summed E-state index contributed by atoms with van der Waals surface area (Å²) in [6, 6.07) is 15.1. The summed E-state index contributed by atoms with van der Waals surface area (Å²) in [5.41, 5.74) is 3.80. The van der Waals surface area contributed by atoms with Crippen LogP contribution in [0.5, 0.6) is 11.5 Å². The number of likely N-dealkylation sites (N-methyl/N-ethyl adjacent to an activating group) is 1. The first-order chi connectivity index (χ1) is 12.0. The summed E-state index contributed by atoms with van der Waals surface area (Å²) in [6.45, 7) is 5.59. The second-order valence-electron chi connectivity index (χ2n) is 7.09. The van der Waals surface area contributed by atoms with E-state index < -0.39 is 0 Å². The van der Waals surface area contributed by atoms with Crippen LogP contribution in [-0.4, -0.2) is 50.2 Å². The van der Waals surface area contributed by atoms with Crippen LogP contribution in [0.25, 0.3) is 0 Å². The van der Waals surface area contributed by atoms with Gasteiger partial charge in [0.25, 0.3) is 0 Å². The Morgan fingerprint density at radius 1 is 1.20 bits per heavy atom. The summed E-state index contributed by atoms with van der Waals surface area (Å²) in [6.07, 6.45) is 0. The van der Waals surface area contributed by atoms with Crippen molar-refractivity contribution in [2.45, 2.75) is 26.1 Å². The van der Waals surface area contributed by atoms with Gasteiger partial charge in [0, 0.05) is 25.2 Å². The Labute approximate surface area is 151 Å². The summed E-state index contributed by atoms with van der Waals surface area (Å²) in [5.74, 6) is 1.92. The molecule has 0 fully saturated rings. The van der Waals surface area contributed by atoms with E-state index in [2.05, 4.69) is 67.2 Å². The van der Waals surface area contributed by atoms with Crippen molar-refractivity contribution in [3.8, 4) is 11.5 Å². The molecule has 4 nitrogen and oxygen atoms in total. The number of hydrogen-bond acceptors (Lipinski definition) is 4. The van der Waals surface area contributed by atoms with Gasteiger partial charge in [0.15, 0.2) is 0 Å². The number of aryl methyl sites for hydroxylation is 1. The molecule has 0 aliphatic carbocycles. The average Bonchev–Trinajstić information content (AvgIpc) is 2.74. The Hall–Kier alpha value is -2.04. The van der Waals surface area contributed by atoms with Crippen LogP contribution >= 0.6 is 0 Å². The highest BCUT2D eigenvalue weighted by Gasteiger charge is 2.25. The third-order valence-electron chi connectivity index (χ3n) is 4.63. The maximum Gasteiger partial charge on any atom is 0.123 e. The van der Waals surface area contributed by atoms with Gasteiger partial charge in [0.05, 0.1) is 13.2 Å². The quantitative estimate of drug-likeness (QED) is 0.833. The van der Waals surface area contributed by atoms with Gasteiger partial charge < -0.3 is 14.4 Å². The van der Waals surface area contributed by atoms with E-state index in [-0.39, 0.29) is 0 Å². The molecule has 0 bridgehead atoms. The van der Waals surface area contributed by atoms with Crippen LogP contribution in [0.15, 0.2) is 42.5 Å². The minimum atomic E-state index is 0.342. The first kappa shape index (κ1) is 17.8. The van der Waals surface area contributed by atoms with Crippen molar-refractivity contribution in [1.82, 2.24) is 9.80 Å². The van der Waals surface area contributed by atoms with Crippen LogP contribution in [0.4, 0.5) is 0 Å². The first-order valence-corrected chi connectivity index (χ1v) is 8.79.